The first-order chi connectivity index (χ1) is 15.9. The van der Waals surface area contributed by atoms with Gasteiger partial charge in [-0.25, -0.2) is 17.6 Å². The van der Waals surface area contributed by atoms with E-state index >= 15 is 0 Å². The van der Waals surface area contributed by atoms with Crippen LogP contribution in [-0.4, -0.2) is 6.61 Å². The van der Waals surface area contributed by atoms with Crippen molar-refractivity contribution in [1.82, 2.24) is 0 Å². The summed E-state index contributed by atoms with van der Waals surface area (Å²) in [6.45, 7) is 2.09. The molecular formula is C28H20F4O. The van der Waals surface area contributed by atoms with E-state index in [4.69, 9.17) is 4.74 Å². The van der Waals surface area contributed by atoms with Crippen molar-refractivity contribution < 1.29 is 22.3 Å². The summed E-state index contributed by atoms with van der Waals surface area (Å²) in [5.74, 6) is 3.27. The molecule has 0 spiro atoms. The van der Waals surface area contributed by atoms with E-state index in [1.54, 1.807) is 19.1 Å². The molecule has 0 bridgehead atoms. The molecule has 0 N–H and O–H groups in total. The van der Waals surface area contributed by atoms with Crippen LogP contribution in [0.1, 0.15) is 29.2 Å². The SMILES string of the molecule is CCOc1cc(F)c(CCc2ccc(C#Cc3ccc4c(F)c(F)ccc4c3)cc2)c(F)c1. The fourth-order valence-corrected chi connectivity index (χ4v) is 3.58. The average molecular weight is 448 g/mol. The average Bonchev–Trinajstić information content (AvgIpc) is 2.80. The summed E-state index contributed by atoms with van der Waals surface area (Å²) in [5.41, 5.74) is 2.41. The molecular weight excluding hydrogens is 428 g/mol. The third-order valence-electron chi connectivity index (χ3n) is 5.30. The van der Waals surface area contributed by atoms with Gasteiger partial charge in [-0.05, 0) is 61.0 Å². The third kappa shape index (κ3) is 5.18. The molecule has 166 valence electrons. The van der Waals surface area contributed by atoms with Gasteiger partial charge in [0.2, 0.25) is 0 Å². The Bertz CT molecular complexity index is 1340. The lowest BCUT2D eigenvalue weighted by atomic mass is 10.0. The largest absolute Gasteiger partial charge is 0.494 e. The zero-order valence-electron chi connectivity index (χ0n) is 17.9. The molecule has 5 heteroatoms. The van der Waals surface area contributed by atoms with E-state index < -0.39 is 23.3 Å². The number of fused-ring (bicyclic) bond motifs is 1. The van der Waals surface area contributed by atoms with Crippen LogP contribution in [0.25, 0.3) is 10.8 Å². The number of halogens is 4. The zero-order valence-corrected chi connectivity index (χ0v) is 17.9. The van der Waals surface area contributed by atoms with Crippen molar-refractivity contribution in [1.29, 1.82) is 0 Å². The van der Waals surface area contributed by atoms with Gasteiger partial charge in [0, 0.05) is 34.2 Å². The van der Waals surface area contributed by atoms with Crippen LogP contribution in [0.3, 0.4) is 0 Å². The van der Waals surface area contributed by atoms with E-state index in [9.17, 15) is 17.6 Å². The molecule has 0 aromatic heterocycles. The number of aryl methyl sites for hydroxylation is 1. The maximum Gasteiger partial charge on any atom is 0.166 e. The topological polar surface area (TPSA) is 9.23 Å². The van der Waals surface area contributed by atoms with Gasteiger partial charge in [-0.15, -0.1) is 0 Å². The summed E-state index contributed by atoms with van der Waals surface area (Å²) < 4.78 is 60.8. The Morgan fingerprint density at radius 2 is 1.36 bits per heavy atom. The predicted molar refractivity (Wildman–Crippen MR) is 121 cm³/mol. The molecule has 4 aromatic rings. The second-order valence-electron chi connectivity index (χ2n) is 7.54. The lowest BCUT2D eigenvalue weighted by Crippen LogP contribution is -2.01. The molecule has 0 aliphatic carbocycles. The molecule has 0 amide bonds. The molecule has 0 aliphatic heterocycles. The van der Waals surface area contributed by atoms with Crippen LogP contribution >= 0.6 is 0 Å². The minimum Gasteiger partial charge on any atom is -0.494 e. The zero-order chi connectivity index (χ0) is 23.4. The second-order valence-corrected chi connectivity index (χ2v) is 7.54. The van der Waals surface area contributed by atoms with Crippen LogP contribution < -0.4 is 4.74 Å². The van der Waals surface area contributed by atoms with Crippen LogP contribution in [0.15, 0.2) is 66.7 Å². The Morgan fingerprint density at radius 1 is 0.697 bits per heavy atom. The van der Waals surface area contributed by atoms with Gasteiger partial charge in [0.05, 0.1) is 6.61 Å². The van der Waals surface area contributed by atoms with E-state index in [0.717, 1.165) is 17.2 Å². The van der Waals surface area contributed by atoms with Gasteiger partial charge < -0.3 is 4.74 Å². The first kappa shape index (κ1) is 22.4. The quantitative estimate of drug-likeness (QED) is 0.236. The molecule has 4 aromatic carbocycles. The molecule has 4 rings (SSSR count). The molecule has 0 unspecified atom stereocenters. The van der Waals surface area contributed by atoms with Crippen molar-refractivity contribution in [2.45, 2.75) is 19.8 Å². The van der Waals surface area contributed by atoms with E-state index in [1.807, 2.05) is 24.3 Å². The van der Waals surface area contributed by atoms with Gasteiger partial charge in [-0.3, -0.25) is 0 Å². The Kier molecular flexibility index (Phi) is 6.65. The molecule has 33 heavy (non-hydrogen) atoms. The van der Waals surface area contributed by atoms with Gasteiger partial charge in [-0.1, -0.05) is 36.1 Å². The Balaban J connectivity index is 1.44. The molecule has 0 saturated heterocycles. The van der Waals surface area contributed by atoms with Gasteiger partial charge >= 0.3 is 0 Å². The van der Waals surface area contributed by atoms with Crippen LogP contribution in [0.5, 0.6) is 5.75 Å². The highest BCUT2D eigenvalue weighted by Gasteiger charge is 2.12. The Hall–Kier alpha value is -3.78. The van der Waals surface area contributed by atoms with Gasteiger partial charge in [-0.2, -0.15) is 0 Å². The molecule has 0 radical (unpaired) electrons. The second kappa shape index (κ2) is 9.79. The molecule has 0 saturated carbocycles. The molecule has 0 heterocycles. The van der Waals surface area contributed by atoms with Crippen molar-refractivity contribution in [3.8, 4) is 17.6 Å². The summed E-state index contributed by atoms with van der Waals surface area (Å²) in [7, 11) is 0. The normalized spacial score (nSPS) is 10.7. The summed E-state index contributed by atoms with van der Waals surface area (Å²) in [6, 6.07) is 17.3. The lowest BCUT2D eigenvalue weighted by Gasteiger charge is -2.09. The van der Waals surface area contributed by atoms with Crippen LogP contribution in [-0.2, 0) is 12.8 Å². The standard InChI is InChI=1S/C28H20F4O/c1-2-33-22-16-26(30)24(27(31)17-22)13-9-19-5-3-18(4-6-19)7-8-20-10-12-23-21(15-20)11-14-25(29)28(23)32/h3-6,10-12,14-17H,2,9,13H2,1H3. The predicted octanol–water partition coefficient (Wildman–Crippen LogP) is 6.98. The highest BCUT2D eigenvalue weighted by atomic mass is 19.2. The van der Waals surface area contributed by atoms with E-state index in [2.05, 4.69) is 11.8 Å². The number of hydrogen-bond donors (Lipinski definition) is 0. The van der Waals surface area contributed by atoms with Crippen molar-refractivity contribution in [3.05, 3.63) is 112 Å². The van der Waals surface area contributed by atoms with Crippen molar-refractivity contribution in [3.63, 3.8) is 0 Å². The van der Waals surface area contributed by atoms with Crippen molar-refractivity contribution >= 4 is 10.8 Å². The number of hydrogen-bond acceptors (Lipinski definition) is 1. The van der Waals surface area contributed by atoms with Gasteiger partial charge in [0.1, 0.15) is 17.4 Å². The van der Waals surface area contributed by atoms with Gasteiger partial charge in [0.25, 0.3) is 0 Å². The molecule has 0 fully saturated rings. The lowest BCUT2D eigenvalue weighted by molar-refractivity contribution is 0.335. The van der Waals surface area contributed by atoms with Crippen LogP contribution in [0, 0.1) is 35.1 Å². The smallest absolute Gasteiger partial charge is 0.166 e. The minimum absolute atomic E-state index is 0.0370. The summed E-state index contributed by atoms with van der Waals surface area (Å²) in [4.78, 5) is 0. The maximum atomic E-state index is 14.2. The van der Waals surface area contributed by atoms with E-state index in [1.165, 1.54) is 24.3 Å². The third-order valence-corrected chi connectivity index (χ3v) is 5.30. The van der Waals surface area contributed by atoms with Crippen molar-refractivity contribution in [2.24, 2.45) is 0 Å². The van der Waals surface area contributed by atoms with E-state index in [-0.39, 0.29) is 23.1 Å². The fraction of sp³-hybridized carbons (Fsp3) is 0.143. The monoisotopic (exact) mass is 448 g/mol. The highest BCUT2D eigenvalue weighted by Crippen LogP contribution is 2.23. The van der Waals surface area contributed by atoms with Crippen molar-refractivity contribution in [2.75, 3.05) is 6.61 Å². The molecule has 0 aliphatic rings. The first-order valence-electron chi connectivity index (χ1n) is 10.5. The number of benzene rings is 4. The number of rotatable bonds is 5. The summed E-state index contributed by atoms with van der Waals surface area (Å²) in [5, 5.41) is 0.787. The summed E-state index contributed by atoms with van der Waals surface area (Å²) >= 11 is 0. The minimum atomic E-state index is -0.880. The first-order valence-corrected chi connectivity index (χ1v) is 10.5. The van der Waals surface area contributed by atoms with Crippen LogP contribution in [0.2, 0.25) is 0 Å². The number of ether oxygens (including phenoxy) is 1. The van der Waals surface area contributed by atoms with Crippen LogP contribution in [0.4, 0.5) is 17.6 Å². The molecule has 1 nitrogen and oxygen atoms in total. The Labute approximate surface area is 189 Å². The maximum absolute atomic E-state index is 14.2. The summed E-state index contributed by atoms with van der Waals surface area (Å²) in [6.07, 6.45) is 0.700. The van der Waals surface area contributed by atoms with E-state index in [0.29, 0.717) is 24.0 Å². The highest BCUT2D eigenvalue weighted by molar-refractivity contribution is 5.84. The Morgan fingerprint density at radius 3 is 2.06 bits per heavy atom. The fourth-order valence-electron chi connectivity index (χ4n) is 3.58. The molecule has 0 atom stereocenters. The van der Waals surface area contributed by atoms with Gasteiger partial charge in [0.15, 0.2) is 11.6 Å².